The highest BCUT2D eigenvalue weighted by Gasteiger charge is 2.43. The highest BCUT2D eigenvalue weighted by atomic mass is 16.5. The molecule has 5 rings (SSSR count). The number of fused-ring (bicyclic) bond motifs is 3. The second-order valence-electron chi connectivity index (χ2n) is 8.03. The molecule has 0 spiro atoms. The van der Waals surface area contributed by atoms with Crippen molar-refractivity contribution in [1.82, 2.24) is 34.4 Å². The molecule has 3 aromatic rings. The van der Waals surface area contributed by atoms with Crippen molar-refractivity contribution in [2.24, 2.45) is 0 Å². The highest BCUT2D eigenvalue weighted by Crippen LogP contribution is 2.30. The fraction of sp³-hybridized carbons (Fsp3) is 0.524. The molecular weight excluding hydrogens is 396 g/mol. The quantitative estimate of drug-likeness (QED) is 0.640. The molecule has 0 radical (unpaired) electrons. The molecule has 0 saturated carbocycles. The number of carbonyl (C=O) groups excluding carboxylic acids is 1. The smallest absolute Gasteiger partial charge is 0.245 e. The third-order valence-electron chi connectivity index (χ3n) is 6.09. The van der Waals surface area contributed by atoms with Crippen molar-refractivity contribution in [3.05, 3.63) is 24.5 Å². The molecule has 2 bridgehead atoms. The minimum atomic E-state index is -0.379. The fourth-order valence-corrected chi connectivity index (χ4v) is 4.44. The Bertz CT molecular complexity index is 1110. The number of aryl methyl sites for hydroxylation is 2. The lowest BCUT2D eigenvalue weighted by Gasteiger charge is -2.30. The summed E-state index contributed by atoms with van der Waals surface area (Å²) in [6.45, 7) is 7.87. The maximum absolute atomic E-state index is 13.2. The summed E-state index contributed by atoms with van der Waals surface area (Å²) in [4.78, 5) is 37.5. The number of likely N-dealkylation sites (tertiary alicyclic amines) is 1. The third-order valence-corrected chi connectivity index (χ3v) is 6.09. The molecular formula is C21H26N8O2. The average Bonchev–Trinajstić information content (AvgIpc) is 3.51. The topological polar surface area (TPSA) is 111 Å². The zero-order valence-electron chi connectivity index (χ0n) is 17.9. The molecule has 1 amide bonds. The van der Waals surface area contributed by atoms with Gasteiger partial charge in [0.1, 0.15) is 24.0 Å². The number of morpholine rings is 1. The van der Waals surface area contributed by atoms with Crippen LogP contribution in [0.4, 0.5) is 5.82 Å². The largest absolute Gasteiger partial charge is 0.374 e. The van der Waals surface area contributed by atoms with Crippen molar-refractivity contribution in [3.8, 4) is 11.4 Å². The minimum Gasteiger partial charge on any atom is -0.374 e. The van der Waals surface area contributed by atoms with Crippen LogP contribution in [0.15, 0.2) is 18.7 Å². The van der Waals surface area contributed by atoms with Crippen LogP contribution in [0.2, 0.25) is 0 Å². The van der Waals surface area contributed by atoms with Gasteiger partial charge < -0.3 is 19.5 Å². The van der Waals surface area contributed by atoms with Crippen molar-refractivity contribution >= 4 is 22.9 Å². The summed E-state index contributed by atoms with van der Waals surface area (Å²) in [6, 6.07) is -0.193. The first kappa shape index (κ1) is 19.8. The van der Waals surface area contributed by atoms with Gasteiger partial charge in [0, 0.05) is 25.5 Å². The predicted octanol–water partition coefficient (Wildman–Crippen LogP) is 1.80. The van der Waals surface area contributed by atoms with Gasteiger partial charge in [0.15, 0.2) is 17.0 Å². The van der Waals surface area contributed by atoms with Crippen LogP contribution >= 0.6 is 0 Å². The zero-order valence-corrected chi connectivity index (χ0v) is 17.9. The zero-order chi connectivity index (χ0) is 21.5. The third kappa shape index (κ3) is 3.40. The highest BCUT2D eigenvalue weighted by molar-refractivity contribution is 5.90. The Morgan fingerprint density at radius 2 is 2.06 bits per heavy atom. The van der Waals surface area contributed by atoms with Gasteiger partial charge in [0.05, 0.1) is 24.3 Å². The van der Waals surface area contributed by atoms with Crippen LogP contribution < -0.4 is 5.32 Å². The standard InChI is InChI=1S/C21H26N8O2/c1-4-16(21(30)29-9-15-6-14(29)10-31-15)26-18-17-20(25-11-24-18)28(5-2)19(27-17)13-7-22-12(3)23-8-13/h7-8,11,14-16H,4-6,9-10H2,1-3H3,(H,24,25,26)/t14-,15+,16?/m1/s1. The maximum atomic E-state index is 13.2. The van der Waals surface area contributed by atoms with Crippen LogP contribution in [0, 0.1) is 6.92 Å². The Morgan fingerprint density at radius 3 is 2.71 bits per heavy atom. The van der Waals surface area contributed by atoms with Crippen LogP contribution in [0.3, 0.4) is 0 Å². The molecule has 162 valence electrons. The first-order valence-electron chi connectivity index (χ1n) is 10.8. The summed E-state index contributed by atoms with van der Waals surface area (Å²) in [5.74, 6) is 2.09. The number of nitrogens with zero attached hydrogens (tertiary/aromatic N) is 7. The first-order chi connectivity index (χ1) is 15.1. The Balaban J connectivity index is 1.48. The van der Waals surface area contributed by atoms with Crippen molar-refractivity contribution in [2.45, 2.75) is 58.3 Å². The van der Waals surface area contributed by atoms with E-state index in [1.807, 2.05) is 30.2 Å². The van der Waals surface area contributed by atoms with Crippen LogP contribution in [0.1, 0.15) is 32.5 Å². The Morgan fingerprint density at radius 1 is 1.26 bits per heavy atom. The van der Waals surface area contributed by atoms with Crippen molar-refractivity contribution in [1.29, 1.82) is 0 Å². The number of amides is 1. The SMILES string of the molecule is CCC(Nc1ncnc2c1nc(-c1cnc(C)nc1)n2CC)C(=O)N1C[C@@H]2C[C@@H]1CO2. The Kier molecular flexibility index (Phi) is 5.01. The van der Waals surface area contributed by atoms with Crippen molar-refractivity contribution in [3.63, 3.8) is 0 Å². The van der Waals surface area contributed by atoms with Crippen molar-refractivity contribution < 1.29 is 9.53 Å². The molecule has 3 atom stereocenters. The first-order valence-corrected chi connectivity index (χ1v) is 10.8. The van der Waals surface area contributed by atoms with Crippen molar-refractivity contribution in [2.75, 3.05) is 18.5 Å². The van der Waals surface area contributed by atoms with Gasteiger partial charge in [-0.2, -0.15) is 0 Å². The molecule has 2 saturated heterocycles. The van der Waals surface area contributed by atoms with E-state index in [1.165, 1.54) is 6.33 Å². The summed E-state index contributed by atoms with van der Waals surface area (Å²) >= 11 is 0. The summed E-state index contributed by atoms with van der Waals surface area (Å²) in [6.07, 6.45) is 6.79. The molecule has 0 aromatic carbocycles. The molecule has 31 heavy (non-hydrogen) atoms. The summed E-state index contributed by atoms with van der Waals surface area (Å²) < 4.78 is 7.65. The lowest BCUT2D eigenvalue weighted by Crippen LogP contribution is -2.48. The van der Waals surface area contributed by atoms with Crippen LogP contribution in [-0.4, -0.2) is 71.6 Å². The second kappa shape index (κ2) is 7.84. The minimum absolute atomic E-state index is 0.0899. The maximum Gasteiger partial charge on any atom is 0.245 e. The molecule has 10 nitrogen and oxygen atoms in total. The van der Waals surface area contributed by atoms with Crippen LogP contribution in [0.5, 0.6) is 0 Å². The molecule has 0 aliphatic carbocycles. The number of imidazole rings is 1. The van der Waals surface area contributed by atoms with Gasteiger partial charge in [-0.25, -0.2) is 24.9 Å². The van der Waals surface area contributed by atoms with E-state index in [2.05, 4.69) is 25.3 Å². The Labute approximate surface area is 180 Å². The van der Waals surface area contributed by atoms with Gasteiger partial charge >= 0.3 is 0 Å². The number of hydrogen-bond donors (Lipinski definition) is 1. The molecule has 1 N–H and O–H groups in total. The number of carbonyl (C=O) groups is 1. The number of anilines is 1. The van der Waals surface area contributed by atoms with Gasteiger partial charge in [-0.3, -0.25) is 4.79 Å². The number of aromatic nitrogens is 6. The second-order valence-corrected chi connectivity index (χ2v) is 8.03. The van der Waals surface area contributed by atoms with Crippen LogP contribution in [0.25, 0.3) is 22.6 Å². The van der Waals surface area contributed by atoms with E-state index in [4.69, 9.17) is 9.72 Å². The van der Waals surface area contributed by atoms with E-state index in [-0.39, 0.29) is 24.1 Å². The summed E-state index contributed by atoms with van der Waals surface area (Å²) in [7, 11) is 0. The molecule has 2 aliphatic heterocycles. The van der Waals surface area contributed by atoms with E-state index in [0.29, 0.717) is 48.9 Å². The van der Waals surface area contributed by atoms with E-state index in [9.17, 15) is 4.79 Å². The number of ether oxygens (including phenoxy) is 1. The monoisotopic (exact) mass is 422 g/mol. The lowest BCUT2D eigenvalue weighted by atomic mass is 10.1. The van der Waals surface area contributed by atoms with Gasteiger partial charge in [0.25, 0.3) is 0 Å². The van der Waals surface area contributed by atoms with E-state index in [0.717, 1.165) is 17.8 Å². The molecule has 2 aliphatic rings. The molecule has 3 aromatic heterocycles. The average molecular weight is 422 g/mol. The van der Waals surface area contributed by atoms with Gasteiger partial charge in [0.2, 0.25) is 5.91 Å². The van der Waals surface area contributed by atoms with E-state index >= 15 is 0 Å². The van der Waals surface area contributed by atoms with Crippen LogP contribution in [-0.2, 0) is 16.1 Å². The van der Waals surface area contributed by atoms with E-state index in [1.54, 1.807) is 12.4 Å². The number of rotatable bonds is 6. The number of nitrogens with one attached hydrogen (secondary N) is 1. The van der Waals surface area contributed by atoms with E-state index < -0.39 is 0 Å². The normalized spacial score (nSPS) is 21.1. The lowest BCUT2D eigenvalue weighted by molar-refractivity contribution is -0.136. The molecule has 5 heterocycles. The molecule has 2 fully saturated rings. The molecule has 10 heteroatoms. The van der Waals surface area contributed by atoms with Gasteiger partial charge in [-0.15, -0.1) is 0 Å². The summed E-state index contributed by atoms with van der Waals surface area (Å²) in [5, 5.41) is 3.34. The number of hydrogen-bond acceptors (Lipinski definition) is 8. The summed E-state index contributed by atoms with van der Waals surface area (Å²) in [5.41, 5.74) is 2.16. The van der Waals surface area contributed by atoms with Gasteiger partial charge in [-0.05, 0) is 26.7 Å². The fourth-order valence-electron chi connectivity index (χ4n) is 4.44. The van der Waals surface area contributed by atoms with Gasteiger partial charge in [-0.1, -0.05) is 6.92 Å². The predicted molar refractivity (Wildman–Crippen MR) is 114 cm³/mol. The molecule has 1 unspecified atom stereocenters. The Hall–Kier alpha value is -3.14.